The maximum Gasteiger partial charge on any atom is 0.122 e. The average molecular weight is 247 g/mol. The quantitative estimate of drug-likeness (QED) is 0.867. The summed E-state index contributed by atoms with van der Waals surface area (Å²) in [6.45, 7) is 2.18. The van der Waals surface area contributed by atoms with Gasteiger partial charge in [0.1, 0.15) is 5.75 Å². The molecule has 0 radical (unpaired) electrons. The maximum absolute atomic E-state index is 5.36. The smallest absolute Gasteiger partial charge is 0.122 e. The van der Waals surface area contributed by atoms with E-state index in [1.54, 1.807) is 18.4 Å². The first-order valence-corrected chi connectivity index (χ1v) is 6.64. The van der Waals surface area contributed by atoms with Gasteiger partial charge in [-0.15, -0.1) is 0 Å². The van der Waals surface area contributed by atoms with E-state index >= 15 is 0 Å². The van der Waals surface area contributed by atoms with Gasteiger partial charge in [-0.3, -0.25) is 0 Å². The monoisotopic (exact) mass is 247 g/mol. The molecule has 90 valence electrons. The summed E-state index contributed by atoms with van der Waals surface area (Å²) < 4.78 is 5.36. The van der Waals surface area contributed by atoms with Crippen LogP contribution in [-0.4, -0.2) is 13.2 Å². The molecule has 2 aromatic rings. The van der Waals surface area contributed by atoms with Gasteiger partial charge in [0.15, 0.2) is 0 Å². The van der Waals surface area contributed by atoms with Crippen molar-refractivity contribution in [2.24, 2.45) is 0 Å². The van der Waals surface area contributed by atoms with Crippen molar-refractivity contribution in [1.82, 2.24) is 0 Å². The Bertz CT molecular complexity index is 453. The minimum absolute atomic E-state index is 0.390. The van der Waals surface area contributed by atoms with Gasteiger partial charge in [-0.1, -0.05) is 18.2 Å². The molecule has 1 aromatic heterocycles. The minimum atomic E-state index is 0.390. The Morgan fingerprint density at radius 3 is 2.82 bits per heavy atom. The van der Waals surface area contributed by atoms with Crippen LogP contribution in [0.2, 0.25) is 0 Å². The number of thiophene rings is 1. The Morgan fingerprint density at radius 2 is 2.12 bits per heavy atom. The van der Waals surface area contributed by atoms with E-state index < -0.39 is 0 Å². The molecule has 0 fully saturated rings. The van der Waals surface area contributed by atoms with Crippen LogP contribution in [0.4, 0.5) is 5.69 Å². The number of methoxy groups -OCH3 is 1. The van der Waals surface area contributed by atoms with Crippen LogP contribution in [0.25, 0.3) is 0 Å². The summed E-state index contributed by atoms with van der Waals surface area (Å²) in [5.74, 6) is 0.964. The molecule has 17 heavy (non-hydrogen) atoms. The summed E-state index contributed by atoms with van der Waals surface area (Å²) in [6, 6.07) is 10.7. The summed E-state index contributed by atoms with van der Waals surface area (Å²) in [4.78, 5) is 0. The molecule has 0 saturated heterocycles. The Hall–Kier alpha value is -1.48. The zero-order chi connectivity index (χ0) is 12.1. The molecule has 0 spiro atoms. The minimum Gasteiger partial charge on any atom is -0.496 e. The van der Waals surface area contributed by atoms with Crippen LogP contribution in [-0.2, 0) is 6.42 Å². The second kappa shape index (κ2) is 5.73. The van der Waals surface area contributed by atoms with E-state index in [0.717, 1.165) is 12.2 Å². The number of ether oxygens (including phenoxy) is 1. The SMILES string of the molecule is COc1ccccc1CC(C)Nc1ccsc1. The van der Waals surface area contributed by atoms with Crippen LogP contribution in [0.5, 0.6) is 5.75 Å². The van der Waals surface area contributed by atoms with E-state index in [0.29, 0.717) is 6.04 Å². The maximum atomic E-state index is 5.36. The van der Waals surface area contributed by atoms with Crippen LogP contribution < -0.4 is 10.1 Å². The molecule has 0 bridgehead atoms. The van der Waals surface area contributed by atoms with Gasteiger partial charge < -0.3 is 10.1 Å². The number of anilines is 1. The second-order valence-corrected chi connectivity index (χ2v) is 4.85. The van der Waals surface area contributed by atoms with E-state index in [4.69, 9.17) is 4.74 Å². The molecule has 0 aliphatic heterocycles. The van der Waals surface area contributed by atoms with Gasteiger partial charge in [0.2, 0.25) is 0 Å². The Kier molecular flexibility index (Phi) is 4.04. The predicted octanol–water partition coefficient (Wildman–Crippen LogP) is 3.80. The number of hydrogen-bond acceptors (Lipinski definition) is 3. The van der Waals surface area contributed by atoms with Crippen LogP contribution in [0, 0.1) is 0 Å². The molecule has 1 atom stereocenters. The number of hydrogen-bond donors (Lipinski definition) is 1. The number of nitrogens with one attached hydrogen (secondary N) is 1. The number of para-hydroxylation sites is 1. The molecule has 1 heterocycles. The van der Waals surface area contributed by atoms with Gasteiger partial charge in [-0.25, -0.2) is 0 Å². The van der Waals surface area contributed by atoms with E-state index in [-0.39, 0.29) is 0 Å². The third kappa shape index (κ3) is 3.24. The zero-order valence-corrected chi connectivity index (χ0v) is 11.0. The first kappa shape index (κ1) is 12.0. The van der Waals surface area contributed by atoms with E-state index in [1.165, 1.54) is 11.3 Å². The Balaban J connectivity index is 2.00. The van der Waals surface area contributed by atoms with Gasteiger partial charge in [-0.05, 0) is 36.4 Å². The van der Waals surface area contributed by atoms with Crippen molar-refractivity contribution < 1.29 is 4.74 Å². The molecule has 1 N–H and O–H groups in total. The molecule has 1 unspecified atom stereocenters. The molecule has 2 nitrogen and oxygen atoms in total. The summed E-state index contributed by atoms with van der Waals surface area (Å²) in [6.07, 6.45) is 0.958. The summed E-state index contributed by atoms with van der Waals surface area (Å²) in [5.41, 5.74) is 2.43. The van der Waals surface area contributed by atoms with Crippen molar-refractivity contribution in [3.05, 3.63) is 46.7 Å². The molecular weight excluding hydrogens is 230 g/mol. The van der Waals surface area contributed by atoms with Crippen molar-refractivity contribution >= 4 is 17.0 Å². The third-order valence-electron chi connectivity index (χ3n) is 2.65. The molecule has 1 aromatic carbocycles. The van der Waals surface area contributed by atoms with Gasteiger partial charge in [0.05, 0.1) is 7.11 Å². The average Bonchev–Trinajstić information content (AvgIpc) is 2.82. The molecule has 0 aliphatic rings. The lowest BCUT2D eigenvalue weighted by molar-refractivity contribution is 0.409. The normalized spacial score (nSPS) is 12.1. The van der Waals surface area contributed by atoms with E-state index in [1.807, 2.05) is 12.1 Å². The molecule has 3 heteroatoms. The summed E-state index contributed by atoms with van der Waals surface area (Å²) in [5, 5.41) is 7.68. The standard InChI is InChI=1S/C14H17NOS/c1-11(15-13-7-8-17-10-13)9-12-5-3-4-6-14(12)16-2/h3-8,10-11,15H,9H2,1-2H3. The fourth-order valence-corrected chi connectivity index (χ4v) is 2.48. The molecule has 0 amide bonds. The lowest BCUT2D eigenvalue weighted by atomic mass is 10.1. The van der Waals surface area contributed by atoms with Crippen molar-refractivity contribution in [3.63, 3.8) is 0 Å². The van der Waals surface area contributed by atoms with Crippen LogP contribution in [0.15, 0.2) is 41.1 Å². The van der Waals surface area contributed by atoms with Gasteiger partial charge in [0.25, 0.3) is 0 Å². The first-order chi connectivity index (χ1) is 8.29. The van der Waals surface area contributed by atoms with Gasteiger partial charge in [0, 0.05) is 17.1 Å². The highest BCUT2D eigenvalue weighted by Crippen LogP contribution is 2.20. The predicted molar refractivity (Wildman–Crippen MR) is 74.1 cm³/mol. The van der Waals surface area contributed by atoms with Crippen molar-refractivity contribution in [3.8, 4) is 5.75 Å². The van der Waals surface area contributed by atoms with Crippen molar-refractivity contribution in [2.75, 3.05) is 12.4 Å². The number of benzene rings is 1. The number of rotatable bonds is 5. The van der Waals surface area contributed by atoms with E-state index in [2.05, 4.69) is 41.2 Å². The highest BCUT2D eigenvalue weighted by molar-refractivity contribution is 7.08. The third-order valence-corrected chi connectivity index (χ3v) is 3.34. The van der Waals surface area contributed by atoms with Crippen LogP contribution >= 0.6 is 11.3 Å². The summed E-state index contributed by atoms with van der Waals surface area (Å²) >= 11 is 1.71. The topological polar surface area (TPSA) is 21.3 Å². The first-order valence-electron chi connectivity index (χ1n) is 5.70. The Labute approximate surface area is 106 Å². The van der Waals surface area contributed by atoms with Crippen LogP contribution in [0.1, 0.15) is 12.5 Å². The molecule has 2 rings (SSSR count). The van der Waals surface area contributed by atoms with Crippen molar-refractivity contribution in [2.45, 2.75) is 19.4 Å². The van der Waals surface area contributed by atoms with E-state index in [9.17, 15) is 0 Å². The molecular formula is C14H17NOS. The van der Waals surface area contributed by atoms with Crippen LogP contribution in [0.3, 0.4) is 0 Å². The Morgan fingerprint density at radius 1 is 1.29 bits per heavy atom. The second-order valence-electron chi connectivity index (χ2n) is 4.07. The van der Waals surface area contributed by atoms with Crippen molar-refractivity contribution in [1.29, 1.82) is 0 Å². The fraction of sp³-hybridized carbons (Fsp3) is 0.286. The summed E-state index contributed by atoms with van der Waals surface area (Å²) in [7, 11) is 1.72. The highest BCUT2D eigenvalue weighted by atomic mass is 32.1. The van der Waals surface area contributed by atoms with Gasteiger partial charge in [-0.2, -0.15) is 11.3 Å². The van der Waals surface area contributed by atoms with Gasteiger partial charge >= 0.3 is 0 Å². The lowest BCUT2D eigenvalue weighted by Gasteiger charge is -2.15. The largest absolute Gasteiger partial charge is 0.496 e. The highest BCUT2D eigenvalue weighted by Gasteiger charge is 2.07. The fourth-order valence-electron chi connectivity index (χ4n) is 1.88. The molecule has 0 aliphatic carbocycles. The zero-order valence-electron chi connectivity index (χ0n) is 10.1. The molecule has 0 saturated carbocycles. The lowest BCUT2D eigenvalue weighted by Crippen LogP contribution is -2.17.